The molecule has 0 amide bonds. The van der Waals surface area contributed by atoms with E-state index in [1.807, 2.05) is 0 Å². The van der Waals surface area contributed by atoms with Crippen molar-refractivity contribution in [3.05, 3.63) is 28.2 Å². The van der Waals surface area contributed by atoms with E-state index in [4.69, 9.17) is 4.74 Å². The molecule has 1 aliphatic carbocycles. The highest BCUT2D eigenvalue weighted by atomic mass is 79.9. The van der Waals surface area contributed by atoms with Gasteiger partial charge in [-0.05, 0) is 61.9 Å². The summed E-state index contributed by atoms with van der Waals surface area (Å²) in [4.78, 5) is 0. The van der Waals surface area contributed by atoms with Gasteiger partial charge in [0.2, 0.25) is 0 Å². The number of ether oxygens (including phenoxy) is 1. The summed E-state index contributed by atoms with van der Waals surface area (Å²) in [6, 6.07) is 7.05. The largest absolute Gasteiger partial charge is 0.496 e. The molecule has 1 aliphatic rings. The lowest BCUT2D eigenvalue weighted by Crippen LogP contribution is -2.31. The maximum atomic E-state index is 5.53. The van der Waals surface area contributed by atoms with Crippen LogP contribution in [0.4, 0.5) is 0 Å². The van der Waals surface area contributed by atoms with Crippen LogP contribution in [0, 0.1) is 5.92 Å². The third-order valence-corrected chi connectivity index (χ3v) is 4.96. The second-order valence-corrected chi connectivity index (χ2v) is 7.11. The Kier molecular flexibility index (Phi) is 7.05. The summed E-state index contributed by atoms with van der Waals surface area (Å²) in [7, 11) is 1.77. The van der Waals surface area contributed by atoms with E-state index in [-0.39, 0.29) is 0 Å². The topological polar surface area (TPSA) is 21.3 Å². The Morgan fingerprint density at radius 3 is 2.86 bits per heavy atom. The lowest BCUT2D eigenvalue weighted by Gasteiger charge is -2.22. The molecule has 0 saturated heterocycles. The Morgan fingerprint density at radius 1 is 1.29 bits per heavy atom. The predicted octanol–water partition coefficient (Wildman–Crippen LogP) is 4.95. The summed E-state index contributed by atoms with van der Waals surface area (Å²) in [5, 5.41) is 3.73. The van der Waals surface area contributed by atoms with Gasteiger partial charge >= 0.3 is 0 Å². The van der Waals surface area contributed by atoms with Crippen LogP contribution < -0.4 is 10.1 Å². The van der Waals surface area contributed by atoms with Crippen molar-refractivity contribution in [2.45, 2.75) is 57.9 Å². The summed E-state index contributed by atoms with van der Waals surface area (Å²) in [5.74, 6) is 1.80. The molecule has 1 aromatic carbocycles. The van der Waals surface area contributed by atoms with E-state index >= 15 is 0 Å². The summed E-state index contributed by atoms with van der Waals surface area (Å²) < 4.78 is 6.67. The zero-order valence-electron chi connectivity index (χ0n) is 13.3. The van der Waals surface area contributed by atoms with Crippen LogP contribution in [0.5, 0.6) is 5.75 Å². The van der Waals surface area contributed by atoms with Gasteiger partial charge < -0.3 is 10.1 Å². The van der Waals surface area contributed by atoms with Crippen LogP contribution in [0.1, 0.15) is 51.0 Å². The van der Waals surface area contributed by atoms with Crippen molar-refractivity contribution < 1.29 is 4.74 Å². The molecule has 2 rings (SSSR count). The molecule has 0 aliphatic heterocycles. The molecule has 1 saturated carbocycles. The van der Waals surface area contributed by atoms with Crippen LogP contribution >= 0.6 is 15.9 Å². The number of hydrogen-bond acceptors (Lipinski definition) is 2. The molecule has 0 spiro atoms. The number of halogens is 1. The lowest BCUT2D eigenvalue weighted by molar-refractivity contribution is 0.372. The smallest absolute Gasteiger partial charge is 0.122 e. The highest BCUT2D eigenvalue weighted by molar-refractivity contribution is 9.10. The molecular weight excluding hydrogens is 326 g/mol. The molecule has 1 N–H and O–H groups in total. The van der Waals surface area contributed by atoms with Gasteiger partial charge in [-0.2, -0.15) is 0 Å². The van der Waals surface area contributed by atoms with Crippen LogP contribution in [-0.4, -0.2) is 19.7 Å². The van der Waals surface area contributed by atoms with Crippen molar-refractivity contribution in [2.24, 2.45) is 5.92 Å². The van der Waals surface area contributed by atoms with Crippen LogP contribution in [0.25, 0.3) is 0 Å². The van der Waals surface area contributed by atoms with Gasteiger partial charge in [0.25, 0.3) is 0 Å². The zero-order chi connectivity index (χ0) is 15.1. The third kappa shape index (κ3) is 5.30. The number of rotatable bonds is 6. The second-order valence-electron chi connectivity index (χ2n) is 6.20. The van der Waals surface area contributed by atoms with Crippen molar-refractivity contribution >= 4 is 15.9 Å². The van der Waals surface area contributed by atoms with E-state index in [1.165, 1.54) is 44.1 Å². The van der Waals surface area contributed by atoms with Gasteiger partial charge in [0.15, 0.2) is 0 Å². The molecule has 0 heterocycles. The summed E-state index contributed by atoms with van der Waals surface area (Å²) in [6.07, 6.45) is 9.08. The van der Waals surface area contributed by atoms with Gasteiger partial charge in [-0.3, -0.25) is 0 Å². The first-order valence-corrected chi connectivity index (χ1v) is 9.08. The normalized spacial score (nSPS) is 22.8. The van der Waals surface area contributed by atoms with E-state index in [2.05, 4.69) is 46.4 Å². The maximum Gasteiger partial charge on any atom is 0.122 e. The number of hydrogen-bond donors (Lipinski definition) is 1. The Hall–Kier alpha value is -0.540. The van der Waals surface area contributed by atoms with Gasteiger partial charge in [0, 0.05) is 10.5 Å². The molecule has 3 heteroatoms. The standard InChI is InChI=1S/C18H28BrNO/c1-3-10-20-17-7-5-4-6-14(12-17)11-15-13-16(19)8-9-18(15)21-2/h8-9,13-14,17,20H,3-7,10-12H2,1-2H3. The van der Waals surface area contributed by atoms with Gasteiger partial charge in [0.05, 0.1) is 7.11 Å². The highest BCUT2D eigenvalue weighted by Gasteiger charge is 2.21. The predicted molar refractivity (Wildman–Crippen MR) is 93.1 cm³/mol. The first-order chi connectivity index (χ1) is 10.2. The Labute approximate surface area is 137 Å². The first-order valence-electron chi connectivity index (χ1n) is 8.28. The quantitative estimate of drug-likeness (QED) is 0.730. The van der Waals surface area contributed by atoms with Crippen LogP contribution in [0.2, 0.25) is 0 Å². The molecule has 2 atom stereocenters. The van der Waals surface area contributed by atoms with Crippen molar-refractivity contribution in [1.82, 2.24) is 5.32 Å². The van der Waals surface area contributed by atoms with Crippen molar-refractivity contribution in [2.75, 3.05) is 13.7 Å². The second kappa shape index (κ2) is 8.79. The van der Waals surface area contributed by atoms with Gasteiger partial charge in [-0.25, -0.2) is 0 Å². The molecule has 2 unspecified atom stereocenters. The van der Waals surface area contributed by atoms with Crippen molar-refractivity contribution in [3.63, 3.8) is 0 Å². The first kappa shape index (κ1) is 16.8. The lowest BCUT2D eigenvalue weighted by atomic mass is 9.90. The molecule has 0 radical (unpaired) electrons. The average Bonchev–Trinajstić information content (AvgIpc) is 2.70. The Morgan fingerprint density at radius 2 is 2.10 bits per heavy atom. The van der Waals surface area contributed by atoms with Crippen molar-refractivity contribution in [1.29, 1.82) is 0 Å². The van der Waals surface area contributed by atoms with Crippen LogP contribution in [0.15, 0.2) is 22.7 Å². The third-order valence-electron chi connectivity index (χ3n) is 4.47. The molecule has 1 fully saturated rings. The minimum atomic E-state index is 0.704. The minimum Gasteiger partial charge on any atom is -0.496 e. The fourth-order valence-corrected chi connectivity index (χ4v) is 3.81. The van der Waals surface area contributed by atoms with Crippen LogP contribution in [-0.2, 0) is 6.42 Å². The molecule has 2 nitrogen and oxygen atoms in total. The molecule has 0 bridgehead atoms. The summed E-state index contributed by atoms with van der Waals surface area (Å²) in [5.41, 5.74) is 1.34. The van der Waals surface area contributed by atoms with Gasteiger partial charge in [-0.1, -0.05) is 42.1 Å². The maximum absolute atomic E-state index is 5.53. The molecular formula is C18H28BrNO. The van der Waals surface area contributed by atoms with Crippen molar-refractivity contribution in [3.8, 4) is 5.75 Å². The van der Waals surface area contributed by atoms with E-state index in [9.17, 15) is 0 Å². The fraction of sp³-hybridized carbons (Fsp3) is 0.667. The van der Waals surface area contributed by atoms with Crippen LogP contribution in [0.3, 0.4) is 0 Å². The fourth-order valence-electron chi connectivity index (χ4n) is 3.40. The zero-order valence-corrected chi connectivity index (χ0v) is 14.9. The molecule has 21 heavy (non-hydrogen) atoms. The van der Waals surface area contributed by atoms with E-state index in [0.717, 1.165) is 29.1 Å². The molecule has 1 aromatic rings. The minimum absolute atomic E-state index is 0.704. The van der Waals surface area contributed by atoms with E-state index < -0.39 is 0 Å². The van der Waals surface area contributed by atoms with Gasteiger partial charge in [0.1, 0.15) is 5.75 Å². The number of benzene rings is 1. The number of nitrogens with one attached hydrogen (secondary N) is 1. The highest BCUT2D eigenvalue weighted by Crippen LogP contribution is 2.31. The Balaban J connectivity index is 2.01. The summed E-state index contributed by atoms with van der Waals surface area (Å²) >= 11 is 3.58. The number of methoxy groups -OCH3 is 1. The molecule has 118 valence electrons. The van der Waals surface area contributed by atoms with E-state index in [1.54, 1.807) is 7.11 Å². The van der Waals surface area contributed by atoms with Gasteiger partial charge in [-0.15, -0.1) is 0 Å². The SMILES string of the molecule is CCCNC1CCCCC(Cc2cc(Br)ccc2OC)C1. The monoisotopic (exact) mass is 353 g/mol. The molecule has 0 aromatic heterocycles. The Bertz CT molecular complexity index is 435. The summed E-state index contributed by atoms with van der Waals surface area (Å²) in [6.45, 7) is 3.39. The average molecular weight is 354 g/mol. The van der Waals surface area contributed by atoms with E-state index in [0.29, 0.717) is 6.04 Å².